The van der Waals surface area contributed by atoms with Gasteiger partial charge in [-0.15, -0.1) is 10.2 Å². The van der Waals surface area contributed by atoms with Gasteiger partial charge in [-0.05, 0) is 25.0 Å². The Balaban J connectivity index is 2.05. The number of nitrogens with one attached hydrogen (secondary N) is 1. The molecule has 0 aromatic carbocycles. The van der Waals surface area contributed by atoms with Gasteiger partial charge in [0, 0.05) is 20.1 Å². The van der Waals surface area contributed by atoms with Crippen molar-refractivity contribution in [2.24, 2.45) is 0 Å². The van der Waals surface area contributed by atoms with Gasteiger partial charge in [0.05, 0.1) is 6.10 Å². The molecule has 0 unspecified atom stereocenters. The molecule has 1 aromatic rings. The minimum Gasteiger partial charge on any atom is -0.393 e. The van der Waals surface area contributed by atoms with E-state index in [-0.39, 0.29) is 12.0 Å². The molecule has 92 valence electrons. The van der Waals surface area contributed by atoms with Crippen LogP contribution >= 0.6 is 0 Å². The molecule has 1 fully saturated rings. The number of anilines is 1. The third-order valence-electron chi connectivity index (χ3n) is 2.90. The van der Waals surface area contributed by atoms with Crippen molar-refractivity contribution in [3.8, 4) is 0 Å². The second-order valence-electron chi connectivity index (χ2n) is 4.07. The number of aliphatic hydroxyl groups excluding tert-OH is 1. The van der Waals surface area contributed by atoms with Crippen LogP contribution in [0.3, 0.4) is 0 Å². The molecule has 0 atom stereocenters. The maximum Gasteiger partial charge on any atom is 0.271 e. The van der Waals surface area contributed by atoms with Gasteiger partial charge < -0.3 is 15.3 Å². The molecular formula is C11H16N4O2. The van der Waals surface area contributed by atoms with Crippen molar-refractivity contribution in [1.82, 2.24) is 15.5 Å². The van der Waals surface area contributed by atoms with Crippen molar-refractivity contribution in [3.05, 3.63) is 17.8 Å². The number of aromatic nitrogens is 2. The van der Waals surface area contributed by atoms with Gasteiger partial charge in [-0.25, -0.2) is 0 Å². The van der Waals surface area contributed by atoms with Gasteiger partial charge in [-0.2, -0.15) is 0 Å². The van der Waals surface area contributed by atoms with Crippen LogP contribution in [0.25, 0.3) is 0 Å². The second kappa shape index (κ2) is 5.09. The topological polar surface area (TPSA) is 78.4 Å². The summed E-state index contributed by atoms with van der Waals surface area (Å²) < 4.78 is 0. The lowest BCUT2D eigenvalue weighted by Crippen LogP contribution is -2.36. The lowest BCUT2D eigenvalue weighted by molar-refractivity contribution is 0.0957. The van der Waals surface area contributed by atoms with E-state index in [1.807, 2.05) is 0 Å². The summed E-state index contributed by atoms with van der Waals surface area (Å²) in [7, 11) is 1.56. The molecule has 1 amide bonds. The molecule has 6 heteroatoms. The van der Waals surface area contributed by atoms with Crippen LogP contribution in [0.4, 0.5) is 5.82 Å². The average Bonchev–Trinajstić information content (AvgIpc) is 2.39. The largest absolute Gasteiger partial charge is 0.393 e. The first-order valence-electron chi connectivity index (χ1n) is 5.69. The fourth-order valence-corrected chi connectivity index (χ4v) is 1.84. The highest BCUT2D eigenvalue weighted by atomic mass is 16.3. The van der Waals surface area contributed by atoms with Crippen LogP contribution in [0.2, 0.25) is 0 Å². The van der Waals surface area contributed by atoms with Crippen LogP contribution in [0, 0.1) is 0 Å². The maximum absolute atomic E-state index is 11.3. The van der Waals surface area contributed by atoms with E-state index in [0.29, 0.717) is 5.69 Å². The van der Waals surface area contributed by atoms with Gasteiger partial charge in [-0.3, -0.25) is 4.79 Å². The molecule has 17 heavy (non-hydrogen) atoms. The van der Waals surface area contributed by atoms with Gasteiger partial charge in [0.15, 0.2) is 11.5 Å². The molecule has 0 bridgehead atoms. The Morgan fingerprint density at radius 1 is 1.41 bits per heavy atom. The first kappa shape index (κ1) is 11.8. The molecule has 2 N–H and O–H groups in total. The van der Waals surface area contributed by atoms with Gasteiger partial charge in [0.1, 0.15) is 0 Å². The molecule has 1 aliphatic heterocycles. The highest BCUT2D eigenvalue weighted by Gasteiger charge is 2.18. The Labute approximate surface area is 99.7 Å². The average molecular weight is 236 g/mol. The second-order valence-corrected chi connectivity index (χ2v) is 4.07. The molecule has 1 aliphatic rings. The van der Waals surface area contributed by atoms with Crippen LogP contribution < -0.4 is 10.2 Å². The molecule has 2 heterocycles. The predicted octanol–water partition coefficient (Wildman–Crippen LogP) is -0.203. The Morgan fingerprint density at radius 2 is 2.12 bits per heavy atom. The molecule has 6 nitrogen and oxygen atoms in total. The van der Waals surface area contributed by atoms with Crippen molar-refractivity contribution in [2.45, 2.75) is 18.9 Å². The molecule has 0 radical (unpaired) electrons. The number of amides is 1. The zero-order chi connectivity index (χ0) is 12.3. The number of rotatable bonds is 2. The minimum atomic E-state index is -0.238. The molecule has 0 aliphatic carbocycles. The Morgan fingerprint density at radius 3 is 2.65 bits per heavy atom. The highest BCUT2D eigenvalue weighted by Crippen LogP contribution is 2.16. The van der Waals surface area contributed by atoms with Crippen molar-refractivity contribution in [3.63, 3.8) is 0 Å². The van der Waals surface area contributed by atoms with Crippen LogP contribution in [0.15, 0.2) is 12.1 Å². The standard InChI is InChI=1S/C11H16N4O2/c1-12-11(17)9-2-3-10(14-13-9)15-6-4-8(16)5-7-15/h2-3,8,16H,4-7H2,1H3,(H,12,17). The quantitative estimate of drug-likeness (QED) is 0.743. The minimum absolute atomic E-state index is 0.204. The predicted molar refractivity (Wildman–Crippen MR) is 62.9 cm³/mol. The number of hydrogen-bond donors (Lipinski definition) is 2. The summed E-state index contributed by atoms with van der Waals surface area (Å²) in [6, 6.07) is 3.45. The first-order chi connectivity index (χ1) is 8.20. The fourth-order valence-electron chi connectivity index (χ4n) is 1.84. The SMILES string of the molecule is CNC(=O)c1ccc(N2CCC(O)CC2)nn1. The highest BCUT2D eigenvalue weighted by molar-refractivity contribution is 5.91. The molecular weight excluding hydrogens is 220 g/mol. The smallest absolute Gasteiger partial charge is 0.271 e. The van der Waals surface area contributed by atoms with E-state index in [1.54, 1.807) is 19.2 Å². The first-order valence-corrected chi connectivity index (χ1v) is 5.69. The number of aliphatic hydroxyl groups is 1. The van der Waals surface area contributed by atoms with Gasteiger partial charge >= 0.3 is 0 Å². The summed E-state index contributed by atoms with van der Waals surface area (Å²) in [4.78, 5) is 13.3. The van der Waals surface area contributed by atoms with E-state index in [0.717, 1.165) is 31.7 Å². The zero-order valence-electron chi connectivity index (χ0n) is 9.76. The monoisotopic (exact) mass is 236 g/mol. The van der Waals surface area contributed by atoms with Gasteiger partial charge in [-0.1, -0.05) is 0 Å². The number of piperidine rings is 1. The van der Waals surface area contributed by atoms with Crippen molar-refractivity contribution in [2.75, 3.05) is 25.0 Å². The van der Waals surface area contributed by atoms with Crippen molar-refractivity contribution < 1.29 is 9.90 Å². The zero-order valence-corrected chi connectivity index (χ0v) is 9.76. The normalized spacial score (nSPS) is 16.9. The molecule has 0 saturated carbocycles. The Kier molecular flexibility index (Phi) is 3.53. The summed E-state index contributed by atoms with van der Waals surface area (Å²) in [6.07, 6.45) is 1.29. The summed E-state index contributed by atoms with van der Waals surface area (Å²) in [6.45, 7) is 1.55. The van der Waals surface area contributed by atoms with E-state index in [9.17, 15) is 9.90 Å². The van der Waals surface area contributed by atoms with E-state index in [4.69, 9.17) is 0 Å². The maximum atomic E-state index is 11.3. The van der Waals surface area contributed by atoms with E-state index in [2.05, 4.69) is 20.4 Å². The summed E-state index contributed by atoms with van der Waals surface area (Å²) in [5.74, 6) is 0.516. The van der Waals surface area contributed by atoms with Crippen LogP contribution in [-0.2, 0) is 0 Å². The summed E-state index contributed by atoms with van der Waals surface area (Å²) >= 11 is 0. The van der Waals surface area contributed by atoms with Crippen LogP contribution in [0.5, 0.6) is 0 Å². The van der Waals surface area contributed by atoms with Crippen LogP contribution in [-0.4, -0.2) is 47.5 Å². The lowest BCUT2D eigenvalue weighted by atomic mass is 10.1. The summed E-state index contributed by atoms with van der Waals surface area (Å²) in [5, 5.41) is 19.8. The number of hydrogen-bond acceptors (Lipinski definition) is 5. The molecule has 0 spiro atoms. The summed E-state index contributed by atoms with van der Waals surface area (Å²) in [5.41, 5.74) is 0.313. The third-order valence-corrected chi connectivity index (χ3v) is 2.90. The van der Waals surface area contributed by atoms with E-state index >= 15 is 0 Å². The lowest BCUT2D eigenvalue weighted by Gasteiger charge is -2.30. The number of nitrogens with zero attached hydrogens (tertiary/aromatic N) is 3. The Hall–Kier alpha value is -1.69. The van der Waals surface area contributed by atoms with Gasteiger partial charge in [0.25, 0.3) is 5.91 Å². The van der Waals surface area contributed by atoms with E-state index in [1.165, 1.54) is 0 Å². The molecule has 1 saturated heterocycles. The number of carbonyl (C=O) groups excluding carboxylic acids is 1. The number of carbonyl (C=O) groups is 1. The van der Waals surface area contributed by atoms with Crippen molar-refractivity contribution >= 4 is 11.7 Å². The third kappa shape index (κ3) is 2.71. The van der Waals surface area contributed by atoms with Gasteiger partial charge in [0.2, 0.25) is 0 Å². The molecule has 1 aromatic heterocycles. The van der Waals surface area contributed by atoms with E-state index < -0.39 is 0 Å². The molecule has 2 rings (SSSR count). The Bertz CT molecular complexity index is 385. The van der Waals surface area contributed by atoms with Crippen LogP contribution in [0.1, 0.15) is 23.3 Å². The fraction of sp³-hybridized carbons (Fsp3) is 0.545. The van der Waals surface area contributed by atoms with Crippen molar-refractivity contribution in [1.29, 1.82) is 0 Å².